The second-order valence-electron chi connectivity index (χ2n) is 20.7. The van der Waals surface area contributed by atoms with Crippen LogP contribution in [-0.4, -0.2) is 70.0 Å². The van der Waals surface area contributed by atoms with Crippen molar-refractivity contribution in [1.82, 2.24) is 0 Å². The molecule has 0 bridgehead atoms. The van der Waals surface area contributed by atoms with Crippen molar-refractivity contribution in [1.29, 1.82) is 0 Å². The fourth-order valence-electron chi connectivity index (χ4n) is 8.28. The summed E-state index contributed by atoms with van der Waals surface area (Å²) >= 11 is 0. The van der Waals surface area contributed by atoms with E-state index in [1.807, 2.05) is 21.1 Å². The Labute approximate surface area is 415 Å². The molecule has 0 aliphatic rings. The molecule has 10 heteroatoms. The molecule has 0 aromatic carbocycles. The molecular weight excluding hydrogens is 858 g/mol. The minimum atomic E-state index is -4.63. The van der Waals surface area contributed by atoms with Crippen molar-refractivity contribution in [2.45, 2.75) is 283 Å². The number of phosphoric acid groups is 1. The van der Waals surface area contributed by atoms with E-state index in [2.05, 4.69) is 38.2 Å². The second kappa shape index (κ2) is 49.5. The summed E-state index contributed by atoms with van der Waals surface area (Å²) in [6.07, 6.45) is 57.9. The molecule has 0 saturated carbocycles. The zero-order valence-corrected chi connectivity index (χ0v) is 45.8. The minimum Gasteiger partial charge on any atom is -0.756 e. The number of phosphoric ester groups is 1. The van der Waals surface area contributed by atoms with Crippen molar-refractivity contribution >= 4 is 19.8 Å². The van der Waals surface area contributed by atoms with Crippen molar-refractivity contribution in [3.8, 4) is 0 Å². The Morgan fingerprint density at radius 2 is 0.806 bits per heavy atom. The monoisotopic (exact) mass is 968 g/mol. The quantitative estimate of drug-likeness (QED) is 0.0195. The number of likely N-dealkylation sites (N-methyl/N-ethyl adjacent to an activating group) is 1. The molecule has 0 aliphatic heterocycles. The van der Waals surface area contributed by atoms with E-state index in [1.165, 1.54) is 205 Å². The highest BCUT2D eigenvalue weighted by atomic mass is 31.2. The van der Waals surface area contributed by atoms with Gasteiger partial charge in [0.15, 0.2) is 6.10 Å². The third kappa shape index (κ3) is 53.7. The van der Waals surface area contributed by atoms with E-state index in [-0.39, 0.29) is 32.0 Å². The van der Waals surface area contributed by atoms with Gasteiger partial charge in [0.05, 0.1) is 27.7 Å². The summed E-state index contributed by atoms with van der Waals surface area (Å²) in [6.45, 7) is 4.27. The second-order valence-corrected chi connectivity index (χ2v) is 22.1. The Hall–Kier alpha value is -1.51. The largest absolute Gasteiger partial charge is 0.756 e. The Morgan fingerprint density at radius 3 is 1.18 bits per heavy atom. The van der Waals surface area contributed by atoms with E-state index in [0.717, 1.165) is 38.5 Å². The van der Waals surface area contributed by atoms with Gasteiger partial charge in [0.2, 0.25) is 0 Å². The third-order valence-electron chi connectivity index (χ3n) is 12.7. The first kappa shape index (κ1) is 65.5. The number of hydrogen-bond donors (Lipinski definition) is 0. The predicted octanol–water partition coefficient (Wildman–Crippen LogP) is 16.8. The molecule has 0 aromatic heterocycles. The maximum Gasteiger partial charge on any atom is 0.306 e. The Kier molecular flexibility index (Phi) is 48.4. The van der Waals surface area contributed by atoms with Crippen LogP contribution in [0.4, 0.5) is 0 Å². The van der Waals surface area contributed by atoms with Crippen LogP contribution in [0.3, 0.4) is 0 Å². The maximum absolute atomic E-state index is 12.8. The van der Waals surface area contributed by atoms with Crippen LogP contribution >= 0.6 is 7.82 Å². The predicted molar refractivity (Wildman–Crippen MR) is 282 cm³/mol. The van der Waals surface area contributed by atoms with Crippen molar-refractivity contribution < 1.29 is 42.1 Å². The highest BCUT2D eigenvalue weighted by Gasteiger charge is 2.22. The molecule has 0 fully saturated rings. The van der Waals surface area contributed by atoms with Gasteiger partial charge in [0.1, 0.15) is 19.8 Å². The number of esters is 2. The molecule has 0 spiro atoms. The van der Waals surface area contributed by atoms with Gasteiger partial charge in [-0.25, -0.2) is 0 Å². The average Bonchev–Trinajstić information content (AvgIpc) is 3.29. The fraction of sp³-hybridized carbons (Fsp3) is 0.895. The minimum absolute atomic E-state index is 0.0277. The van der Waals surface area contributed by atoms with Crippen LogP contribution < -0.4 is 4.89 Å². The van der Waals surface area contributed by atoms with E-state index >= 15 is 0 Å². The number of ether oxygens (including phenoxy) is 2. The van der Waals surface area contributed by atoms with E-state index in [0.29, 0.717) is 17.4 Å². The van der Waals surface area contributed by atoms with Crippen molar-refractivity contribution in [3.63, 3.8) is 0 Å². The van der Waals surface area contributed by atoms with Crippen LogP contribution in [0.2, 0.25) is 0 Å². The molecule has 9 nitrogen and oxygen atoms in total. The average molecular weight is 968 g/mol. The lowest BCUT2D eigenvalue weighted by molar-refractivity contribution is -0.870. The van der Waals surface area contributed by atoms with Crippen molar-refractivity contribution in [2.24, 2.45) is 0 Å². The SMILES string of the molecule is CCCCCCC/C=C\C/C=C\CCCCCCCCCCCCCCCCCC(=O)OC(COC(=O)CCCCCCCCCCCCCCCCCC)COP(=O)([O-])OCC[N+](C)(C)C. The van der Waals surface area contributed by atoms with Gasteiger partial charge < -0.3 is 27.9 Å². The number of quaternary nitrogens is 1. The number of rotatable bonds is 53. The number of nitrogens with zero attached hydrogens (tertiary/aromatic N) is 1. The van der Waals surface area contributed by atoms with Crippen LogP contribution in [0.5, 0.6) is 0 Å². The maximum atomic E-state index is 12.8. The first-order valence-electron chi connectivity index (χ1n) is 28.5. The van der Waals surface area contributed by atoms with Gasteiger partial charge in [-0.2, -0.15) is 0 Å². The molecule has 0 saturated heterocycles. The Morgan fingerprint density at radius 1 is 0.463 bits per heavy atom. The number of carbonyl (C=O) groups excluding carboxylic acids is 2. The van der Waals surface area contributed by atoms with E-state index < -0.39 is 26.5 Å². The number of allylic oxidation sites excluding steroid dienone is 4. The standard InChI is InChI=1S/C57H110NO8P/c1-6-8-10-12-14-16-18-20-22-24-25-26-27-28-29-30-31-32-33-34-36-38-40-42-44-46-48-50-57(60)66-55(54-65-67(61,62)64-52-51-58(3,4)5)53-63-56(59)49-47-45-43-41-39-37-35-23-21-19-17-15-13-11-9-7-2/h18,20,24-25,55H,6-17,19,21-23,26-54H2,1-5H3/b20-18-,25-24-. The number of carbonyl (C=O) groups is 2. The van der Waals surface area contributed by atoms with E-state index in [4.69, 9.17) is 18.5 Å². The van der Waals surface area contributed by atoms with Gasteiger partial charge in [-0.05, 0) is 44.9 Å². The summed E-state index contributed by atoms with van der Waals surface area (Å²) in [6, 6.07) is 0. The fourth-order valence-corrected chi connectivity index (χ4v) is 9.01. The molecule has 0 aliphatic carbocycles. The lowest BCUT2D eigenvalue weighted by atomic mass is 10.0. The molecule has 0 aromatic rings. The highest BCUT2D eigenvalue weighted by molar-refractivity contribution is 7.45. The molecule has 0 amide bonds. The summed E-state index contributed by atoms with van der Waals surface area (Å²) in [5, 5.41) is 0. The topological polar surface area (TPSA) is 111 Å². The molecule has 67 heavy (non-hydrogen) atoms. The first-order valence-corrected chi connectivity index (χ1v) is 30.0. The molecule has 396 valence electrons. The summed E-state index contributed by atoms with van der Waals surface area (Å²) in [4.78, 5) is 37.8. The molecule has 0 N–H and O–H groups in total. The number of hydrogen-bond acceptors (Lipinski definition) is 8. The third-order valence-corrected chi connectivity index (χ3v) is 13.7. The molecular formula is C57H110NO8P. The van der Waals surface area contributed by atoms with E-state index in [1.54, 1.807) is 0 Å². The van der Waals surface area contributed by atoms with Crippen LogP contribution in [-0.2, 0) is 32.7 Å². The molecule has 0 heterocycles. The zero-order valence-electron chi connectivity index (χ0n) is 44.9. The molecule has 2 unspecified atom stereocenters. The summed E-state index contributed by atoms with van der Waals surface area (Å²) in [5.74, 6) is -0.818. The highest BCUT2D eigenvalue weighted by Crippen LogP contribution is 2.38. The first-order chi connectivity index (χ1) is 32.5. The molecule has 0 rings (SSSR count). The van der Waals surface area contributed by atoms with Gasteiger partial charge in [-0.1, -0.05) is 244 Å². The van der Waals surface area contributed by atoms with E-state index in [9.17, 15) is 19.0 Å². The number of unbranched alkanes of at least 4 members (excludes halogenated alkanes) is 35. The molecule has 0 radical (unpaired) electrons. The van der Waals surface area contributed by atoms with Crippen LogP contribution in [0, 0.1) is 0 Å². The molecule has 2 atom stereocenters. The van der Waals surface area contributed by atoms with Crippen LogP contribution in [0.25, 0.3) is 0 Å². The summed E-state index contributed by atoms with van der Waals surface area (Å²) in [7, 11) is 1.18. The van der Waals surface area contributed by atoms with Gasteiger partial charge in [0.25, 0.3) is 7.82 Å². The zero-order chi connectivity index (χ0) is 49.2. The van der Waals surface area contributed by atoms with Crippen LogP contribution in [0.15, 0.2) is 24.3 Å². The lowest BCUT2D eigenvalue weighted by Gasteiger charge is -2.28. The lowest BCUT2D eigenvalue weighted by Crippen LogP contribution is -2.37. The van der Waals surface area contributed by atoms with Gasteiger partial charge in [-0.15, -0.1) is 0 Å². The normalized spacial score (nSPS) is 13.5. The Balaban J connectivity index is 4.10. The van der Waals surface area contributed by atoms with Crippen molar-refractivity contribution in [3.05, 3.63) is 24.3 Å². The van der Waals surface area contributed by atoms with Crippen LogP contribution in [0.1, 0.15) is 277 Å². The van der Waals surface area contributed by atoms with Gasteiger partial charge in [-0.3, -0.25) is 14.2 Å². The van der Waals surface area contributed by atoms with Gasteiger partial charge in [0, 0.05) is 12.8 Å². The Bertz CT molecular complexity index is 1190. The van der Waals surface area contributed by atoms with Crippen molar-refractivity contribution in [2.75, 3.05) is 47.5 Å². The van der Waals surface area contributed by atoms with Gasteiger partial charge >= 0.3 is 11.9 Å². The summed E-state index contributed by atoms with van der Waals surface area (Å²) < 4.78 is 34.1. The smallest absolute Gasteiger partial charge is 0.306 e. The summed E-state index contributed by atoms with van der Waals surface area (Å²) in [5.41, 5.74) is 0.